The molecule has 1 aliphatic rings. The molecule has 6 nitrogen and oxygen atoms in total. The van der Waals surface area contributed by atoms with Crippen LogP contribution >= 0.6 is 11.8 Å². The molecule has 0 saturated heterocycles. The molecule has 1 N–H and O–H groups in total. The maximum absolute atomic E-state index is 13.1. The van der Waals surface area contributed by atoms with Crippen molar-refractivity contribution in [2.24, 2.45) is 0 Å². The Labute approximate surface area is 162 Å². The molecule has 0 unspecified atom stereocenters. The Bertz CT molecular complexity index is 878. The van der Waals surface area contributed by atoms with E-state index in [4.69, 9.17) is 0 Å². The largest absolute Gasteiger partial charge is 0.352 e. The molecule has 1 aliphatic carbocycles. The normalized spacial score (nSPS) is 15.6. The van der Waals surface area contributed by atoms with Gasteiger partial charge in [-0.3, -0.25) is 4.79 Å². The fraction of sp³-hybridized carbons (Fsp3) is 0.300. The van der Waals surface area contributed by atoms with E-state index in [0.29, 0.717) is 5.16 Å². The fourth-order valence-corrected chi connectivity index (χ4v) is 4.34. The monoisotopic (exact) mass is 379 g/mol. The van der Waals surface area contributed by atoms with Crippen molar-refractivity contribution < 1.29 is 4.79 Å². The van der Waals surface area contributed by atoms with Crippen molar-refractivity contribution >= 4 is 17.7 Å². The zero-order valence-electron chi connectivity index (χ0n) is 14.9. The van der Waals surface area contributed by atoms with Crippen molar-refractivity contribution in [3.8, 4) is 5.69 Å². The van der Waals surface area contributed by atoms with Gasteiger partial charge in [-0.25, -0.2) is 0 Å². The van der Waals surface area contributed by atoms with Crippen LogP contribution in [0.2, 0.25) is 0 Å². The van der Waals surface area contributed by atoms with Gasteiger partial charge in [-0.1, -0.05) is 73.1 Å². The van der Waals surface area contributed by atoms with Crippen molar-refractivity contribution in [1.82, 2.24) is 25.5 Å². The number of hydrogen-bond donors (Lipinski definition) is 1. The van der Waals surface area contributed by atoms with E-state index in [1.165, 1.54) is 24.6 Å². The molecule has 1 atom stereocenters. The number of para-hydroxylation sites is 1. The first-order chi connectivity index (χ1) is 13.3. The maximum Gasteiger partial charge on any atom is 0.238 e. The van der Waals surface area contributed by atoms with Crippen LogP contribution < -0.4 is 5.32 Å². The molecular weight excluding hydrogens is 358 g/mol. The lowest BCUT2D eigenvalue weighted by Crippen LogP contribution is -2.35. The lowest BCUT2D eigenvalue weighted by atomic mass is 10.1. The van der Waals surface area contributed by atoms with Gasteiger partial charge < -0.3 is 5.32 Å². The van der Waals surface area contributed by atoms with Crippen LogP contribution in [0, 0.1) is 0 Å². The van der Waals surface area contributed by atoms with Gasteiger partial charge in [-0.05, 0) is 41.0 Å². The molecule has 1 heterocycles. The zero-order chi connectivity index (χ0) is 18.5. The van der Waals surface area contributed by atoms with E-state index in [2.05, 4.69) is 20.8 Å². The highest BCUT2D eigenvalue weighted by molar-refractivity contribution is 8.00. The van der Waals surface area contributed by atoms with E-state index in [1.807, 2.05) is 60.7 Å². The van der Waals surface area contributed by atoms with E-state index in [1.54, 1.807) is 4.68 Å². The summed E-state index contributed by atoms with van der Waals surface area (Å²) in [6.45, 7) is 0. The predicted octanol–water partition coefficient (Wildman–Crippen LogP) is 3.55. The van der Waals surface area contributed by atoms with Gasteiger partial charge in [0, 0.05) is 6.04 Å². The van der Waals surface area contributed by atoms with Gasteiger partial charge in [-0.2, -0.15) is 4.68 Å². The number of hydrogen-bond acceptors (Lipinski definition) is 5. The first-order valence-electron chi connectivity index (χ1n) is 9.17. The Hall–Kier alpha value is -2.67. The Kier molecular flexibility index (Phi) is 5.48. The highest BCUT2D eigenvalue weighted by atomic mass is 32.2. The highest BCUT2D eigenvalue weighted by Gasteiger charge is 2.28. The van der Waals surface area contributed by atoms with Gasteiger partial charge in [0.05, 0.1) is 5.69 Å². The molecule has 1 saturated carbocycles. The van der Waals surface area contributed by atoms with Crippen molar-refractivity contribution in [2.75, 3.05) is 0 Å². The topological polar surface area (TPSA) is 72.7 Å². The third-order valence-corrected chi connectivity index (χ3v) is 5.89. The van der Waals surface area contributed by atoms with E-state index in [-0.39, 0.29) is 11.9 Å². The molecule has 0 radical (unpaired) electrons. The van der Waals surface area contributed by atoms with Crippen LogP contribution in [-0.2, 0) is 4.79 Å². The second kappa shape index (κ2) is 8.35. The molecule has 138 valence electrons. The number of amides is 1. The summed E-state index contributed by atoms with van der Waals surface area (Å²) >= 11 is 1.38. The molecule has 27 heavy (non-hydrogen) atoms. The molecule has 4 rings (SSSR count). The highest BCUT2D eigenvalue weighted by Crippen LogP contribution is 2.35. The Balaban J connectivity index is 1.60. The standard InChI is InChI=1S/C20H21N5OS/c26-19(21-16-11-7-8-12-16)18(15-9-3-1-4-10-15)27-20-22-23-24-25(20)17-13-5-2-6-14-17/h1-6,9-10,13-14,16,18H,7-8,11-12H2,(H,21,26)/t18-/m0/s1. The molecular formula is C20H21N5OS. The van der Waals surface area contributed by atoms with Gasteiger partial charge in [0.15, 0.2) is 0 Å². The number of carbonyl (C=O) groups is 1. The summed E-state index contributed by atoms with van der Waals surface area (Å²) in [5, 5.41) is 15.5. The third kappa shape index (κ3) is 4.19. The number of benzene rings is 2. The summed E-state index contributed by atoms with van der Waals surface area (Å²) in [6, 6.07) is 19.8. The van der Waals surface area contributed by atoms with Crippen molar-refractivity contribution in [3.63, 3.8) is 0 Å². The van der Waals surface area contributed by atoms with Crippen LogP contribution in [-0.4, -0.2) is 32.2 Å². The van der Waals surface area contributed by atoms with Crippen molar-refractivity contribution in [1.29, 1.82) is 0 Å². The molecule has 1 amide bonds. The molecule has 0 spiro atoms. The SMILES string of the molecule is O=C(NC1CCCC1)[C@@H](Sc1nnnn1-c1ccccc1)c1ccccc1. The Morgan fingerprint density at radius 1 is 1.04 bits per heavy atom. The van der Waals surface area contributed by atoms with Crippen molar-refractivity contribution in [2.45, 2.75) is 42.1 Å². The van der Waals surface area contributed by atoms with Gasteiger partial charge in [0.1, 0.15) is 5.25 Å². The van der Waals surface area contributed by atoms with Gasteiger partial charge in [-0.15, -0.1) is 5.10 Å². The molecule has 1 fully saturated rings. The summed E-state index contributed by atoms with van der Waals surface area (Å²) < 4.78 is 1.67. The van der Waals surface area contributed by atoms with Crippen LogP contribution in [0.5, 0.6) is 0 Å². The molecule has 2 aromatic carbocycles. The van der Waals surface area contributed by atoms with Crippen LogP contribution in [0.25, 0.3) is 5.69 Å². The predicted molar refractivity (Wildman–Crippen MR) is 105 cm³/mol. The lowest BCUT2D eigenvalue weighted by molar-refractivity contribution is -0.121. The average Bonchev–Trinajstić information content (AvgIpc) is 3.39. The number of tetrazole rings is 1. The third-order valence-electron chi connectivity index (χ3n) is 4.71. The number of carbonyl (C=O) groups excluding carboxylic acids is 1. The first-order valence-corrected chi connectivity index (χ1v) is 10.0. The second-order valence-electron chi connectivity index (χ2n) is 6.61. The first kappa shape index (κ1) is 17.7. The van der Waals surface area contributed by atoms with Crippen LogP contribution in [0.3, 0.4) is 0 Å². The minimum absolute atomic E-state index is 0.0145. The van der Waals surface area contributed by atoms with Crippen LogP contribution in [0.4, 0.5) is 0 Å². The number of thioether (sulfide) groups is 1. The Morgan fingerprint density at radius 3 is 2.41 bits per heavy atom. The number of rotatable bonds is 6. The van der Waals surface area contributed by atoms with E-state index >= 15 is 0 Å². The number of aromatic nitrogens is 4. The Morgan fingerprint density at radius 2 is 1.70 bits per heavy atom. The lowest BCUT2D eigenvalue weighted by Gasteiger charge is -2.19. The summed E-state index contributed by atoms with van der Waals surface area (Å²) in [7, 11) is 0. The smallest absolute Gasteiger partial charge is 0.238 e. The summed E-state index contributed by atoms with van der Waals surface area (Å²) in [4.78, 5) is 13.1. The molecule has 1 aromatic heterocycles. The number of nitrogens with one attached hydrogen (secondary N) is 1. The summed E-state index contributed by atoms with van der Waals surface area (Å²) in [6.07, 6.45) is 4.47. The second-order valence-corrected chi connectivity index (χ2v) is 7.68. The van der Waals surface area contributed by atoms with Crippen LogP contribution in [0.1, 0.15) is 36.5 Å². The molecule has 0 bridgehead atoms. The minimum Gasteiger partial charge on any atom is -0.352 e. The fourth-order valence-electron chi connectivity index (χ4n) is 3.34. The van der Waals surface area contributed by atoms with E-state index in [9.17, 15) is 4.79 Å². The van der Waals surface area contributed by atoms with Gasteiger partial charge in [0.25, 0.3) is 0 Å². The summed E-state index contributed by atoms with van der Waals surface area (Å²) in [5.74, 6) is 0.0145. The minimum atomic E-state index is -0.403. The van der Waals surface area contributed by atoms with Gasteiger partial charge in [0.2, 0.25) is 11.1 Å². The molecule has 7 heteroatoms. The average molecular weight is 379 g/mol. The molecule has 3 aromatic rings. The van der Waals surface area contributed by atoms with E-state index in [0.717, 1.165) is 24.1 Å². The maximum atomic E-state index is 13.1. The number of nitrogens with zero attached hydrogens (tertiary/aromatic N) is 4. The van der Waals surface area contributed by atoms with Gasteiger partial charge >= 0.3 is 0 Å². The van der Waals surface area contributed by atoms with E-state index < -0.39 is 5.25 Å². The quantitative estimate of drug-likeness (QED) is 0.663. The van der Waals surface area contributed by atoms with Crippen molar-refractivity contribution in [3.05, 3.63) is 66.2 Å². The summed E-state index contributed by atoms with van der Waals surface area (Å²) in [5.41, 5.74) is 1.81. The van der Waals surface area contributed by atoms with Crippen LogP contribution in [0.15, 0.2) is 65.8 Å². The zero-order valence-corrected chi connectivity index (χ0v) is 15.7. The molecule has 0 aliphatic heterocycles.